The highest BCUT2D eigenvalue weighted by molar-refractivity contribution is 8.42. The highest BCUT2D eigenvalue weighted by Crippen LogP contribution is 2.11. The maximum atomic E-state index is 9.51. The molecule has 1 atom stereocenters. The molecule has 2 N–H and O–H groups in total. The highest BCUT2D eigenvalue weighted by atomic mass is 32.8. The molecule has 0 bridgehead atoms. The first-order valence-corrected chi connectivity index (χ1v) is 4.45. The van der Waals surface area contributed by atoms with Gasteiger partial charge in [-0.1, -0.05) is 4.57 Å². The van der Waals surface area contributed by atoms with Gasteiger partial charge in [0.25, 0.3) is 0 Å². The zero-order valence-electron chi connectivity index (χ0n) is 3.07. The van der Waals surface area contributed by atoms with Gasteiger partial charge >= 0.3 is 16.9 Å². The van der Waals surface area contributed by atoms with Crippen molar-refractivity contribution in [2.45, 2.75) is 0 Å². The highest BCUT2D eigenvalue weighted by Gasteiger charge is 2.17. The van der Waals surface area contributed by atoms with Crippen molar-refractivity contribution in [2.24, 2.45) is 5.14 Å². The van der Waals surface area contributed by atoms with E-state index in [1.807, 2.05) is 0 Å². The molecular formula is H2NO4PS. The fourth-order valence-corrected chi connectivity index (χ4v) is 0. The van der Waals surface area contributed by atoms with Crippen molar-refractivity contribution in [1.82, 2.24) is 0 Å². The smallest absolute Gasteiger partial charge is 0.458 e. The first-order valence-electron chi connectivity index (χ1n) is 1.12. The Morgan fingerprint density at radius 1 is 1.57 bits per heavy atom. The second-order valence-electron chi connectivity index (χ2n) is 0.739. The van der Waals surface area contributed by atoms with Gasteiger partial charge in [0.1, 0.15) is 0 Å². The summed E-state index contributed by atoms with van der Waals surface area (Å²) < 4.78 is 28.4. The summed E-state index contributed by atoms with van der Waals surface area (Å²) in [5, 5.41) is 4.05. The monoisotopic (exact) mass is 143 g/mol. The lowest BCUT2D eigenvalue weighted by molar-refractivity contribution is -0.158. The molecule has 0 saturated heterocycles. The van der Waals surface area contributed by atoms with Crippen LogP contribution in [0.25, 0.3) is 0 Å². The lowest BCUT2D eigenvalue weighted by atomic mass is 14.0. The van der Waals surface area contributed by atoms with E-state index in [1.54, 1.807) is 0 Å². The molecule has 0 spiro atoms. The number of hydrogen-bond donors (Lipinski definition) is 1. The zero-order chi connectivity index (χ0) is 6.08. The van der Waals surface area contributed by atoms with Crippen molar-refractivity contribution < 1.29 is 17.9 Å². The van der Waals surface area contributed by atoms with E-state index in [-0.39, 0.29) is 0 Å². The summed E-state index contributed by atoms with van der Waals surface area (Å²) in [5.74, 6) is 0. The molecule has 0 aliphatic heterocycles. The summed E-state index contributed by atoms with van der Waals surface area (Å²) in [7, 11) is -7.78. The summed E-state index contributed by atoms with van der Waals surface area (Å²) in [4.78, 5) is 9.34. The van der Waals surface area contributed by atoms with Gasteiger partial charge in [-0.25, -0.2) is 0 Å². The molecule has 7 heavy (non-hydrogen) atoms. The maximum Gasteiger partial charge on any atom is 0.458 e. The van der Waals surface area contributed by atoms with Crippen LogP contribution < -0.4 is 10.0 Å². The molecule has 0 rings (SSSR count). The molecule has 1 unspecified atom stereocenters. The van der Waals surface area contributed by atoms with E-state index < -0.39 is 16.9 Å². The van der Waals surface area contributed by atoms with Gasteiger partial charge in [0, 0.05) is 0 Å². The van der Waals surface area contributed by atoms with Gasteiger partial charge < -0.3 is 4.89 Å². The van der Waals surface area contributed by atoms with Gasteiger partial charge in [-0.3, -0.25) is 0 Å². The summed E-state index contributed by atoms with van der Waals surface area (Å²) in [6.45, 7) is 0. The Bertz CT molecular complexity index is 166. The maximum absolute atomic E-state index is 9.51. The molecule has 7 heteroatoms. The van der Waals surface area contributed by atoms with Gasteiger partial charge in [0.15, 0.2) is 0 Å². The zero-order valence-corrected chi connectivity index (χ0v) is 4.78. The first-order chi connectivity index (χ1) is 2.94. The van der Waals surface area contributed by atoms with Gasteiger partial charge in [-0.2, -0.15) is 13.6 Å². The molecule has 42 valence electrons. The van der Waals surface area contributed by atoms with Gasteiger partial charge in [-0.15, -0.1) is 0 Å². The van der Waals surface area contributed by atoms with Crippen LogP contribution in [0.3, 0.4) is 0 Å². The van der Waals surface area contributed by atoms with Gasteiger partial charge in [-0.05, 0) is 0 Å². The van der Waals surface area contributed by atoms with Crippen LogP contribution in [0.15, 0.2) is 0 Å². The molecule has 0 aliphatic carbocycles. The lowest BCUT2D eigenvalue weighted by Gasteiger charge is -1.76. The minimum Gasteiger partial charge on any atom is -0.580 e. The van der Waals surface area contributed by atoms with Crippen molar-refractivity contribution in [3.05, 3.63) is 0 Å². The fourth-order valence-electron chi connectivity index (χ4n) is 0. The van der Waals surface area contributed by atoms with Crippen LogP contribution in [0.5, 0.6) is 0 Å². The third-order valence-corrected chi connectivity index (χ3v) is 1.87. The average molecular weight is 143 g/mol. The molecule has 5 nitrogen and oxygen atoms in total. The Labute approximate surface area is 40.8 Å². The van der Waals surface area contributed by atoms with E-state index >= 15 is 0 Å². The minimum absolute atomic E-state index is 3.49. The van der Waals surface area contributed by atoms with Crippen molar-refractivity contribution in [2.75, 3.05) is 0 Å². The SMILES string of the molecule is NS(=O)(=O)[P+](=O)[O-]. The number of hydrogen-bond acceptors (Lipinski definition) is 4. The summed E-state index contributed by atoms with van der Waals surface area (Å²) in [5.41, 5.74) is 0. The Balaban J connectivity index is 4.43. The second-order valence-corrected chi connectivity index (χ2v) is 4.64. The second kappa shape index (κ2) is 1.83. The average Bonchev–Trinajstić information content (AvgIpc) is 1.31. The van der Waals surface area contributed by atoms with Crippen molar-refractivity contribution in [3.63, 3.8) is 0 Å². The van der Waals surface area contributed by atoms with Crippen LogP contribution in [0.1, 0.15) is 0 Å². The van der Waals surface area contributed by atoms with Crippen LogP contribution in [-0.2, 0) is 14.2 Å². The van der Waals surface area contributed by atoms with E-state index in [0.717, 1.165) is 0 Å². The minimum atomic E-state index is -4.29. The van der Waals surface area contributed by atoms with Crippen molar-refractivity contribution >= 4 is 16.9 Å². The number of nitrogens with two attached hydrogens (primary N) is 1. The topological polar surface area (TPSA) is 100 Å². The van der Waals surface area contributed by atoms with E-state index in [9.17, 15) is 17.9 Å². The molecule has 0 aromatic heterocycles. The summed E-state index contributed by atoms with van der Waals surface area (Å²) in [6, 6.07) is 0. The third-order valence-electron chi connectivity index (χ3n) is 0.208. The van der Waals surface area contributed by atoms with Crippen LogP contribution in [0, 0.1) is 0 Å². The Morgan fingerprint density at radius 2 is 1.71 bits per heavy atom. The Kier molecular flexibility index (Phi) is 1.82. The summed E-state index contributed by atoms with van der Waals surface area (Å²) in [6.07, 6.45) is 0. The van der Waals surface area contributed by atoms with Crippen molar-refractivity contribution in [1.29, 1.82) is 0 Å². The van der Waals surface area contributed by atoms with E-state index in [1.165, 1.54) is 0 Å². The van der Waals surface area contributed by atoms with Crippen LogP contribution in [0.4, 0.5) is 0 Å². The molecule has 0 aromatic rings. The predicted octanol–water partition coefficient (Wildman–Crippen LogP) is -1.71. The van der Waals surface area contributed by atoms with E-state index in [0.29, 0.717) is 0 Å². The van der Waals surface area contributed by atoms with Crippen LogP contribution >= 0.6 is 7.23 Å². The van der Waals surface area contributed by atoms with Gasteiger partial charge in [0.05, 0.1) is 0 Å². The van der Waals surface area contributed by atoms with E-state index in [2.05, 4.69) is 5.14 Å². The standard InChI is InChI=1S/H2NO4PS/c1-7(4,5)6(2)3/h(H2,1,4,5). The van der Waals surface area contributed by atoms with Crippen molar-refractivity contribution in [3.8, 4) is 0 Å². The predicted molar refractivity (Wildman–Crippen MR) is 20.7 cm³/mol. The first kappa shape index (κ1) is 6.97. The molecule has 0 amide bonds. The Morgan fingerprint density at radius 3 is 1.71 bits per heavy atom. The third kappa shape index (κ3) is 2.64. The molecule has 0 fully saturated rings. The largest absolute Gasteiger partial charge is 0.580 e. The molecule has 0 aromatic carbocycles. The molecule has 0 saturated carbocycles. The lowest BCUT2D eigenvalue weighted by Crippen LogP contribution is -2.10. The normalized spacial score (nSPS) is 13.7. The van der Waals surface area contributed by atoms with Crippen LogP contribution in [-0.4, -0.2) is 8.42 Å². The molecule has 0 radical (unpaired) electrons. The van der Waals surface area contributed by atoms with E-state index in [4.69, 9.17) is 0 Å². The molecule has 0 aliphatic rings. The fraction of sp³-hybridized carbons (Fsp3) is 0. The molecule has 0 heterocycles. The van der Waals surface area contributed by atoms with Gasteiger partial charge in [0.2, 0.25) is 0 Å². The quantitative estimate of drug-likeness (QED) is 0.441. The summed E-state index contributed by atoms with van der Waals surface area (Å²) >= 11 is 0. The number of rotatable bonds is 1. The van der Waals surface area contributed by atoms with Crippen LogP contribution in [0.2, 0.25) is 0 Å². The Hall–Kier alpha value is -0.0300. The molecular weight excluding hydrogens is 141 g/mol.